The molecule has 0 spiro atoms. The zero-order chi connectivity index (χ0) is 19.6. The van der Waals surface area contributed by atoms with E-state index in [9.17, 15) is 0 Å². The molecule has 1 fully saturated rings. The number of aromatic amines is 1. The molecular formula is C24H24N4O. The van der Waals surface area contributed by atoms with E-state index >= 15 is 0 Å². The second kappa shape index (κ2) is 7.78. The summed E-state index contributed by atoms with van der Waals surface area (Å²) in [4.78, 5) is 12.7. The minimum Gasteiger partial charge on any atom is -0.376 e. The van der Waals surface area contributed by atoms with E-state index in [2.05, 4.69) is 51.4 Å². The topological polar surface area (TPSA) is 76.8 Å². The van der Waals surface area contributed by atoms with E-state index in [-0.39, 0.29) is 12.1 Å². The van der Waals surface area contributed by atoms with Gasteiger partial charge in [0.25, 0.3) is 0 Å². The Morgan fingerprint density at radius 3 is 2.34 bits per heavy atom. The van der Waals surface area contributed by atoms with Crippen molar-refractivity contribution >= 4 is 11.0 Å². The molecule has 146 valence electrons. The fraction of sp³-hybridized carbons (Fsp3) is 0.250. The number of nitrogens with two attached hydrogens (primary N) is 1. The predicted octanol–water partition coefficient (Wildman–Crippen LogP) is 4.86. The number of benzene rings is 2. The molecule has 1 aliphatic rings. The Labute approximate surface area is 170 Å². The molecule has 5 heteroatoms. The number of nitrogens with one attached hydrogen (secondary N) is 1. The van der Waals surface area contributed by atoms with E-state index in [1.807, 2.05) is 24.3 Å². The molecule has 3 heterocycles. The lowest BCUT2D eigenvalue weighted by atomic mass is 9.94. The van der Waals surface area contributed by atoms with Crippen LogP contribution in [0.15, 0.2) is 67.0 Å². The molecular weight excluding hydrogens is 360 g/mol. The van der Waals surface area contributed by atoms with Crippen molar-refractivity contribution in [3.05, 3.63) is 72.7 Å². The molecule has 0 amide bonds. The Balaban J connectivity index is 1.75. The molecule has 2 atom stereocenters. The average Bonchev–Trinajstić information content (AvgIpc) is 3.20. The monoisotopic (exact) mass is 384 g/mol. The van der Waals surface area contributed by atoms with Crippen molar-refractivity contribution in [1.29, 1.82) is 0 Å². The van der Waals surface area contributed by atoms with Gasteiger partial charge in [0.1, 0.15) is 12.0 Å². The van der Waals surface area contributed by atoms with Crippen LogP contribution in [0.5, 0.6) is 0 Å². The number of hydrogen-bond acceptors (Lipinski definition) is 4. The summed E-state index contributed by atoms with van der Waals surface area (Å²) in [5.74, 6) is 0. The molecule has 2 aromatic carbocycles. The summed E-state index contributed by atoms with van der Waals surface area (Å²) in [5.41, 5.74) is 12.7. The van der Waals surface area contributed by atoms with Crippen LogP contribution in [0.1, 0.15) is 31.0 Å². The maximum absolute atomic E-state index is 6.70. The summed E-state index contributed by atoms with van der Waals surface area (Å²) in [7, 11) is 0. The predicted molar refractivity (Wildman–Crippen MR) is 115 cm³/mol. The Hall–Kier alpha value is -3.02. The van der Waals surface area contributed by atoms with Crippen LogP contribution in [0, 0.1) is 0 Å². The molecule has 0 aliphatic carbocycles. The van der Waals surface area contributed by atoms with Crippen molar-refractivity contribution in [3.8, 4) is 22.4 Å². The van der Waals surface area contributed by atoms with Gasteiger partial charge in [-0.3, -0.25) is 0 Å². The molecule has 0 bridgehead atoms. The highest BCUT2D eigenvalue weighted by Crippen LogP contribution is 2.40. The minimum absolute atomic E-state index is 0.0134. The van der Waals surface area contributed by atoms with Gasteiger partial charge < -0.3 is 15.5 Å². The van der Waals surface area contributed by atoms with Gasteiger partial charge in [0.15, 0.2) is 0 Å². The lowest BCUT2D eigenvalue weighted by molar-refractivity contribution is -0.000478. The lowest BCUT2D eigenvalue weighted by Crippen LogP contribution is -2.32. The molecule has 1 saturated heterocycles. The molecule has 4 aromatic rings. The fourth-order valence-electron chi connectivity index (χ4n) is 4.24. The lowest BCUT2D eigenvalue weighted by Gasteiger charge is -2.28. The van der Waals surface area contributed by atoms with E-state index in [0.29, 0.717) is 0 Å². The molecule has 29 heavy (non-hydrogen) atoms. The van der Waals surface area contributed by atoms with Crippen LogP contribution in [-0.4, -0.2) is 27.7 Å². The molecule has 3 N–H and O–H groups in total. The van der Waals surface area contributed by atoms with Gasteiger partial charge in [0.05, 0.1) is 28.9 Å². The molecule has 5 rings (SSSR count). The maximum atomic E-state index is 6.70. The zero-order valence-corrected chi connectivity index (χ0v) is 16.2. The number of nitrogens with zero attached hydrogens (tertiary/aromatic N) is 2. The minimum atomic E-state index is -0.289. The van der Waals surface area contributed by atoms with E-state index < -0.39 is 0 Å². The van der Waals surface area contributed by atoms with Crippen LogP contribution in [0.4, 0.5) is 0 Å². The standard InChI is InChI=1S/C24H24N4O/c25-21(18-13-7-8-14-29-18)23-20-19(16-9-3-1-4-10-16)22(17-11-5-2-6-12-17)28-24(20)27-15-26-23/h1-6,9-12,15,18,21H,7-8,13-14,25H2,(H,26,27,28). The van der Waals surface area contributed by atoms with Crippen LogP contribution in [0.3, 0.4) is 0 Å². The van der Waals surface area contributed by atoms with Crippen LogP contribution in [-0.2, 0) is 4.74 Å². The summed E-state index contributed by atoms with van der Waals surface area (Å²) in [6.07, 6.45) is 4.78. The molecule has 0 radical (unpaired) electrons. The Kier molecular flexibility index (Phi) is 4.84. The largest absolute Gasteiger partial charge is 0.376 e. The highest BCUT2D eigenvalue weighted by atomic mass is 16.5. The zero-order valence-electron chi connectivity index (χ0n) is 16.2. The highest BCUT2D eigenvalue weighted by molar-refractivity contribution is 6.03. The van der Waals surface area contributed by atoms with Crippen LogP contribution in [0.25, 0.3) is 33.4 Å². The molecule has 2 unspecified atom stereocenters. The fourth-order valence-corrected chi connectivity index (χ4v) is 4.24. The van der Waals surface area contributed by atoms with E-state index in [0.717, 1.165) is 65.0 Å². The summed E-state index contributed by atoms with van der Waals surface area (Å²) in [5, 5.41) is 0.985. The second-order valence-corrected chi connectivity index (χ2v) is 7.52. The van der Waals surface area contributed by atoms with Crippen molar-refractivity contribution in [3.63, 3.8) is 0 Å². The van der Waals surface area contributed by atoms with Gasteiger partial charge in [-0.2, -0.15) is 0 Å². The normalized spacial score (nSPS) is 18.0. The Morgan fingerprint density at radius 2 is 1.66 bits per heavy atom. The number of aromatic nitrogens is 3. The first-order valence-corrected chi connectivity index (χ1v) is 10.2. The third-order valence-electron chi connectivity index (χ3n) is 5.68. The first kappa shape index (κ1) is 18.0. The van der Waals surface area contributed by atoms with E-state index in [1.54, 1.807) is 6.33 Å². The first-order chi connectivity index (χ1) is 14.3. The number of hydrogen-bond donors (Lipinski definition) is 2. The Bertz CT molecular complexity index is 1100. The molecule has 0 saturated carbocycles. The van der Waals surface area contributed by atoms with Gasteiger partial charge in [-0.25, -0.2) is 9.97 Å². The SMILES string of the molecule is NC(c1ncnc2[nH]c(-c3ccccc3)c(-c3ccccc3)c12)C1CCCCO1. The molecule has 1 aliphatic heterocycles. The third-order valence-corrected chi connectivity index (χ3v) is 5.68. The van der Waals surface area contributed by atoms with E-state index in [1.165, 1.54) is 0 Å². The van der Waals surface area contributed by atoms with E-state index in [4.69, 9.17) is 10.5 Å². The molecule has 5 nitrogen and oxygen atoms in total. The first-order valence-electron chi connectivity index (χ1n) is 10.2. The summed E-state index contributed by atoms with van der Waals surface area (Å²) < 4.78 is 5.98. The summed E-state index contributed by atoms with van der Waals surface area (Å²) >= 11 is 0. The van der Waals surface area contributed by atoms with Crippen molar-refractivity contribution < 1.29 is 4.74 Å². The Morgan fingerprint density at radius 1 is 0.931 bits per heavy atom. The van der Waals surface area contributed by atoms with Crippen LogP contribution >= 0.6 is 0 Å². The van der Waals surface area contributed by atoms with Crippen molar-refractivity contribution in [2.75, 3.05) is 6.61 Å². The van der Waals surface area contributed by atoms with Crippen molar-refractivity contribution in [1.82, 2.24) is 15.0 Å². The highest BCUT2D eigenvalue weighted by Gasteiger charge is 2.28. The van der Waals surface area contributed by atoms with Gasteiger partial charge >= 0.3 is 0 Å². The van der Waals surface area contributed by atoms with Gasteiger partial charge in [0, 0.05) is 12.2 Å². The summed E-state index contributed by atoms with van der Waals surface area (Å²) in [6.45, 7) is 0.764. The van der Waals surface area contributed by atoms with Gasteiger partial charge in [-0.1, -0.05) is 60.7 Å². The van der Waals surface area contributed by atoms with Crippen molar-refractivity contribution in [2.24, 2.45) is 5.73 Å². The van der Waals surface area contributed by atoms with Crippen LogP contribution in [0.2, 0.25) is 0 Å². The van der Waals surface area contributed by atoms with Gasteiger partial charge in [0.2, 0.25) is 0 Å². The number of H-pyrrole nitrogens is 1. The quantitative estimate of drug-likeness (QED) is 0.527. The smallest absolute Gasteiger partial charge is 0.142 e. The number of rotatable bonds is 4. The van der Waals surface area contributed by atoms with Gasteiger partial charge in [-0.05, 0) is 30.4 Å². The van der Waals surface area contributed by atoms with Gasteiger partial charge in [-0.15, -0.1) is 0 Å². The second-order valence-electron chi connectivity index (χ2n) is 7.52. The third kappa shape index (κ3) is 3.33. The average molecular weight is 384 g/mol. The van der Waals surface area contributed by atoms with Crippen molar-refractivity contribution in [2.45, 2.75) is 31.4 Å². The maximum Gasteiger partial charge on any atom is 0.142 e. The summed E-state index contributed by atoms with van der Waals surface area (Å²) in [6, 6.07) is 20.4. The molecule has 2 aromatic heterocycles. The number of fused-ring (bicyclic) bond motifs is 1. The van der Waals surface area contributed by atoms with Crippen LogP contribution < -0.4 is 5.73 Å². The number of ether oxygens (including phenoxy) is 1.